The lowest BCUT2D eigenvalue weighted by Gasteiger charge is -2.27. The van der Waals surface area contributed by atoms with Gasteiger partial charge in [0.05, 0.1) is 15.2 Å². The van der Waals surface area contributed by atoms with Gasteiger partial charge < -0.3 is 10.6 Å². The van der Waals surface area contributed by atoms with Gasteiger partial charge in [-0.05, 0) is 40.9 Å². The van der Waals surface area contributed by atoms with E-state index in [-0.39, 0.29) is 18.5 Å². The Balaban J connectivity index is 2.17. The highest BCUT2D eigenvalue weighted by molar-refractivity contribution is 9.11. The smallest absolute Gasteiger partial charge is 0.264 e. The SMILES string of the molecule is NC(=O)CN(C(=O)c1ccc(Br)s1)C1CCCC1. The Morgan fingerprint density at radius 3 is 2.56 bits per heavy atom. The first-order chi connectivity index (χ1) is 8.58. The number of carbonyl (C=O) groups excluding carboxylic acids is 2. The second kappa shape index (κ2) is 5.84. The van der Waals surface area contributed by atoms with Gasteiger partial charge in [-0.15, -0.1) is 11.3 Å². The Hall–Kier alpha value is -0.880. The molecule has 1 aliphatic carbocycles. The molecule has 1 saturated carbocycles. The average molecular weight is 331 g/mol. The van der Waals surface area contributed by atoms with Crippen LogP contribution >= 0.6 is 27.3 Å². The first-order valence-electron chi connectivity index (χ1n) is 5.92. The summed E-state index contributed by atoms with van der Waals surface area (Å²) in [4.78, 5) is 25.8. The normalized spacial score (nSPS) is 15.8. The highest BCUT2D eigenvalue weighted by Crippen LogP contribution is 2.28. The molecule has 1 aromatic rings. The Morgan fingerprint density at radius 2 is 2.06 bits per heavy atom. The number of rotatable bonds is 4. The van der Waals surface area contributed by atoms with Gasteiger partial charge in [0.25, 0.3) is 5.91 Å². The van der Waals surface area contributed by atoms with Gasteiger partial charge in [0.1, 0.15) is 0 Å². The zero-order chi connectivity index (χ0) is 13.1. The molecule has 0 unspecified atom stereocenters. The van der Waals surface area contributed by atoms with E-state index in [1.165, 1.54) is 11.3 Å². The van der Waals surface area contributed by atoms with Crippen molar-refractivity contribution in [3.05, 3.63) is 20.8 Å². The van der Waals surface area contributed by atoms with E-state index in [1.807, 2.05) is 6.07 Å². The van der Waals surface area contributed by atoms with Crippen LogP contribution in [-0.4, -0.2) is 29.3 Å². The number of hydrogen-bond acceptors (Lipinski definition) is 3. The number of nitrogens with zero attached hydrogens (tertiary/aromatic N) is 1. The van der Waals surface area contributed by atoms with E-state index >= 15 is 0 Å². The van der Waals surface area contributed by atoms with Crippen molar-refractivity contribution in [3.63, 3.8) is 0 Å². The summed E-state index contributed by atoms with van der Waals surface area (Å²) >= 11 is 4.72. The Morgan fingerprint density at radius 1 is 1.39 bits per heavy atom. The summed E-state index contributed by atoms with van der Waals surface area (Å²) < 4.78 is 0.913. The molecule has 1 fully saturated rings. The standard InChI is InChI=1S/C12H15BrN2O2S/c13-10-6-5-9(18-10)12(17)15(7-11(14)16)8-3-1-2-4-8/h5-6,8H,1-4,7H2,(H2,14,16). The molecule has 1 aromatic heterocycles. The lowest BCUT2D eigenvalue weighted by atomic mass is 10.2. The molecule has 0 aliphatic heterocycles. The zero-order valence-corrected chi connectivity index (χ0v) is 12.3. The third kappa shape index (κ3) is 3.11. The lowest BCUT2D eigenvalue weighted by Crippen LogP contribution is -2.43. The molecule has 1 heterocycles. The van der Waals surface area contributed by atoms with Crippen LogP contribution in [0.5, 0.6) is 0 Å². The van der Waals surface area contributed by atoms with Gasteiger partial charge in [0.2, 0.25) is 5.91 Å². The average Bonchev–Trinajstić information content (AvgIpc) is 2.95. The van der Waals surface area contributed by atoms with E-state index < -0.39 is 5.91 Å². The molecule has 2 amide bonds. The van der Waals surface area contributed by atoms with Crippen LogP contribution in [0.3, 0.4) is 0 Å². The topological polar surface area (TPSA) is 63.4 Å². The summed E-state index contributed by atoms with van der Waals surface area (Å²) in [6.07, 6.45) is 4.15. The molecular weight excluding hydrogens is 316 g/mol. The molecule has 98 valence electrons. The molecule has 0 spiro atoms. The fraction of sp³-hybridized carbons (Fsp3) is 0.500. The van der Waals surface area contributed by atoms with Crippen LogP contribution in [0.4, 0.5) is 0 Å². The molecule has 6 heteroatoms. The third-order valence-electron chi connectivity index (χ3n) is 3.14. The number of nitrogens with two attached hydrogens (primary N) is 1. The van der Waals surface area contributed by atoms with Crippen molar-refractivity contribution in [2.45, 2.75) is 31.7 Å². The monoisotopic (exact) mass is 330 g/mol. The van der Waals surface area contributed by atoms with Gasteiger partial charge in [-0.2, -0.15) is 0 Å². The third-order valence-corrected chi connectivity index (χ3v) is 4.75. The molecule has 0 atom stereocenters. The largest absolute Gasteiger partial charge is 0.368 e. The van der Waals surface area contributed by atoms with E-state index in [2.05, 4.69) is 15.9 Å². The highest BCUT2D eigenvalue weighted by atomic mass is 79.9. The minimum absolute atomic E-state index is 0.0129. The van der Waals surface area contributed by atoms with Crippen LogP contribution in [0.25, 0.3) is 0 Å². The first kappa shape index (κ1) is 13.5. The van der Waals surface area contributed by atoms with E-state index in [1.54, 1.807) is 11.0 Å². The predicted octanol–water partition coefficient (Wildman–Crippen LogP) is 2.38. The molecule has 0 radical (unpaired) electrons. The molecule has 18 heavy (non-hydrogen) atoms. The fourth-order valence-electron chi connectivity index (χ4n) is 2.32. The number of amides is 2. The van der Waals surface area contributed by atoms with Crippen molar-refractivity contribution in [3.8, 4) is 0 Å². The van der Waals surface area contributed by atoms with E-state index in [0.717, 1.165) is 29.5 Å². The molecule has 2 rings (SSSR count). The summed E-state index contributed by atoms with van der Waals surface area (Å²) in [7, 11) is 0. The van der Waals surface area contributed by atoms with Crippen LogP contribution in [-0.2, 0) is 4.79 Å². The van der Waals surface area contributed by atoms with E-state index in [9.17, 15) is 9.59 Å². The van der Waals surface area contributed by atoms with Gasteiger partial charge in [-0.1, -0.05) is 12.8 Å². The van der Waals surface area contributed by atoms with E-state index in [0.29, 0.717) is 4.88 Å². The van der Waals surface area contributed by atoms with Gasteiger partial charge in [-0.3, -0.25) is 9.59 Å². The quantitative estimate of drug-likeness (QED) is 0.921. The molecule has 0 bridgehead atoms. The molecule has 0 aromatic carbocycles. The molecular formula is C12H15BrN2O2S. The number of primary amides is 1. The van der Waals surface area contributed by atoms with Crippen LogP contribution < -0.4 is 5.73 Å². The summed E-state index contributed by atoms with van der Waals surface area (Å²) in [6.45, 7) is 0.0129. The second-order valence-corrected chi connectivity index (χ2v) is 6.90. The van der Waals surface area contributed by atoms with Gasteiger partial charge in [-0.25, -0.2) is 0 Å². The molecule has 2 N–H and O–H groups in total. The fourth-order valence-corrected chi connectivity index (χ4v) is 3.66. The minimum atomic E-state index is -0.453. The van der Waals surface area contributed by atoms with Crippen molar-refractivity contribution in [2.24, 2.45) is 5.73 Å². The number of carbonyl (C=O) groups is 2. The van der Waals surface area contributed by atoms with Crippen LogP contribution in [0.15, 0.2) is 15.9 Å². The molecule has 1 aliphatic rings. The van der Waals surface area contributed by atoms with Crippen molar-refractivity contribution in [1.82, 2.24) is 4.90 Å². The van der Waals surface area contributed by atoms with Crippen molar-refractivity contribution in [1.29, 1.82) is 0 Å². The Kier molecular flexibility index (Phi) is 4.40. The Labute approximate surface area is 118 Å². The van der Waals surface area contributed by atoms with Crippen molar-refractivity contribution < 1.29 is 9.59 Å². The Bertz CT molecular complexity index is 455. The predicted molar refractivity (Wildman–Crippen MR) is 74.5 cm³/mol. The van der Waals surface area contributed by atoms with Crippen molar-refractivity contribution in [2.75, 3.05) is 6.54 Å². The van der Waals surface area contributed by atoms with Gasteiger partial charge >= 0.3 is 0 Å². The lowest BCUT2D eigenvalue weighted by molar-refractivity contribution is -0.119. The summed E-state index contributed by atoms with van der Waals surface area (Å²) in [5, 5.41) is 0. The van der Waals surface area contributed by atoms with E-state index in [4.69, 9.17) is 5.73 Å². The maximum absolute atomic E-state index is 12.4. The van der Waals surface area contributed by atoms with Crippen LogP contribution in [0, 0.1) is 0 Å². The number of hydrogen-bond donors (Lipinski definition) is 1. The summed E-state index contributed by atoms with van der Waals surface area (Å²) in [5.74, 6) is -0.540. The molecule has 0 saturated heterocycles. The molecule has 4 nitrogen and oxygen atoms in total. The van der Waals surface area contributed by atoms with Crippen molar-refractivity contribution >= 4 is 39.1 Å². The zero-order valence-electron chi connectivity index (χ0n) is 9.89. The maximum atomic E-state index is 12.4. The van der Waals surface area contributed by atoms with Crippen LogP contribution in [0.2, 0.25) is 0 Å². The second-order valence-electron chi connectivity index (χ2n) is 4.44. The number of halogens is 1. The number of thiophene rings is 1. The minimum Gasteiger partial charge on any atom is -0.368 e. The highest BCUT2D eigenvalue weighted by Gasteiger charge is 2.29. The van der Waals surface area contributed by atoms with Gasteiger partial charge in [0, 0.05) is 6.04 Å². The van der Waals surface area contributed by atoms with Crippen LogP contribution in [0.1, 0.15) is 35.4 Å². The maximum Gasteiger partial charge on any atom is 0.264 e. The summed E-state index contributed by atoms with van der Waals surface area (Å²) in [5.41, 5.74) is 5.24. The first-order valence-corrected chi connectivity index (χ1v) is 7.53. The van der Waals surface area contributed by atoms with Gasteiger partial charge in [0.15, 0.2) is 0 Å². The summed E-state index contributed by atoms with van der Waals surface area (Å²) in [6, 6.07) is 3.78.